The van der Waals surface area contributed by atoms with Gasteiger partial charge in [-0.1, -0.05) is 19.1 Å². The Morgan fingerprint density at radius 3 is 2.82 bits per heavy atom. The van der Waals surface area contributed by atoms with Crippen LogP contribution in [0.5, 0.6) is 0 Å². The summed E-state index contributed by atoms with van der Waals surface area (Å²) in [4.78, 5) is 4.25. The van der Waals surface area contributed by atoms with E-state index in [0.717, 1.165) is 12.1 Å². The van der Waals surface area contributed by atoms with Gasteiger partial charge in [-0.3, -0.25) is 4.98 Å². The van der Waals surface area contributed by atoms with Gasteiger partial charge >= 0.3 is 0 Å². The summed E-state index contributed by atoms with van der Waals surface area (Å²) < 4.78 is 0. The second-order valence-corrected chi connectivity index (χ2v) is 2.38. The molecule has 1 nitrogen and oxygen atoms in total. The van der Waals surface area contributed by atoms with Gasteiger partial charge < -0.3 is 0 Å². The highest BCUT2D eigenvalue weighted by Gasteiger charge is 1.95. The summed E-state index contributed by atoms with van der Waals surface area (Å²) in [6.07, 6.45) is 4.99. The average Bonchev–Trinajstić information content (AvgIpc) is 2.09. The van der Waals surface area contributed by atoms with Crippen molar-refractivity contribution >= 4 is 5.57 Å². The van der Waals surface area contributed by atoms with Crippen LogP contribution in [0.2, 0.25) is 0 Å². The number of allylic oxidation sites excluding steroid dienone is 2. The molecule has 1 heterocycles. The number of aromatic nitrogens is 1. The molecule has 0 unspecified atom stereocenters. The van der Waals surface area contributed by atoms with Crippen molar-refractivity contribution in [2.45, 2.75) is 20.3 Å². The highest BCUT2D eigenvalue weighted by Crippen LogP contribution is 2.13. The number of nitrogens with zero attached hydrogens (tertiary/aromatic N) is 1. The van der Waals surface area contributed by atoms with Crippen molar-refractivity contribution in [1.29, 1.82) is 0 Å². The zero-order valence-corrected chi connectivity index (χ0v) is 7.04. The highest BCUT2D eigenvalue weighted by molar-refractivity contribution is 5.61. The molecule has 0 aliphatic carbocycles. The fraction of sp³-hybridized carbons (Fsp3) is 0.300. The second kappa shape index (κ2) is 3.91. The maximum Gasteiger partial charge on any atom is 0.0658 e. The van der Waals surface area contributed by atoms with E-state index in [0.29, 0.717) is 0 Å². The van der Waals surface area contributed by atoms with Gasteiger partial charge in [0.05, 0.1) is 5.69 Å². The van der Waals surface area contributed by atoms with E-state index in [4.69, 9.17) is 0 Å². The minimum atomic E-state index is 1.05. The van der Waals surface area contributed by atoms with Crippen LogP contribution in [0.4, 0.5) is 0 Å². The standard InChI is InChI=1S/C10H13N/c1-3-9(4-2)10-7-5-6-8-11-10/h3,5-8H,4H2,1-2H3/b9-3+. The molecular weight excluding hydrogens is 134 g/mol. The third kappa shape index (κ3) is 1.90. The molecule has 0 saturated carbocycles. The lowest BCUT2D eigenvalue weighted by molar-refractivity contribution is 1.17. The Balaban J connectivity index is 2.92. The summed E-state index contributed by atoms with van der Waals surface area (Å²) in [5.74, 6) is 0. The highest BCUT2D eigenvalue weighted by atomic mass is 14.7. The van der Waals surface area contributed by atoms with Crippen molar-refractivity contribution in [2.75, 3.05) is 0 Å². The molecule has 0 amide bonds. The molecule has 11 heavy (non-hydrogen) atoms. The first-order valence-corrected chi connectivity index (χ1v) is 3.95. The van der Waals surface area contributed by atoms with Crippen molar-refractivity contribution in [2.24, 2.45) is 0 Å². The fourth-order valence-electron chi connectivity index (χ4n) is 1.09. The normalized spacial score (nSPS) is 11.6. The summed E-state index contributed by atoms with van der Waals surface area (Å²) in [5.41, 5.74) is 2.41. The zero-order valence-electron chi connectivity index (χ0n) is 7.04. The van der Waals surface area contributed by atoms with Crippen LogP contribution >= 0.6 is 0 Å². The molecule has 1 rings (SSSR count). The third-order valence-electron chi connectivity index (χ3n) is 1.72. The van der Waals surface area contributed by atoms with Gasteiger partial charge in [0.15, 0.2) is 0 Å². The fourth-order valence-corrected chi connectivity index (χ4v) is 1.09. The maximum absolute atomic E-state index is 4.25. The molecule has 0 saturated heterocycles. The van der Waals surface area contributed by atoms with Crippen LogP contribution in [0.1, 0.15) is 26.0 Å². The Labute approximate surface area is 67.8 Å². The van der Waals surface area contributed by atoms with Gasteiger partial charge in [0, 0.05) is 6.20 Å². The van der Waals surface area contributed by atoms with E-state index in [1.807, 2.05) is 31.3 Å². The minimum Gasteiger partial charge on any atom is -0.257 e. The molecule has 0 aromatic carbocycles. The van der Waals surface area contributed by atoms with Crippen LogP contribution in [0.15, 0.2) is 30.5 Å². The predicted molar refractivity (Wildman–Crippen MR) is 48.2 cm³/mol. The molecule has 0 radical (unpaired) electrons. The SMILES string of the molecule is C/C=C(\CC)c1ccccn1. The summed E-state index contributed by atoms with van der Waals surface area (Å²) in [7, 11) is 0. The van der Waals surface area contributed by atoms with E-state index in [2.05, 4.69) is 18.0 Å². The van der Waals surface area contributed by atoms with Gasteiger partial charge in [-0.05, 0) is 31.1 Å². The van der Waals surface area contributed by atoms with E-state index in [-0.39, 0.29) is 0 Å². The van der Waals surface area contributed by atoms with Crippen LogP contribution in [0, 0.1) is 0 Å². The molecule has 0 spiro atoms. The molecule has 58 valence electrons. The van der Waals surface area contributed by atoms with Gasteiger partial charge in [0.25, 0.3) is 0 Å². The first kappa shape index (κ1) is 7.99. The van der Waals surface area contributed by atoms with Crippen molar-refractivity contribution in [1.82, 2.24) is 4.98 Å². The van der Waals surface area contributed by atoms with Crippen LogP contribution in [0.25, 0.3) is 5.57 Å². The van der Waals surface area contributed by atoms with Crippen LogP contribution in [-0.4, -0.2) is 4.98 Å². The monoisotopic (exact) mass is 147 g/mol. The minimum absolute atomic E-state index is 1.05. The van der Waals surface area contributed by atoms with Crippen LogP contribution in [-0.2, 0) is 0 Å². The first-order chi connectivity index (χ1) is 5.38. The van der Waals surface area contributed by atoms with E-state index < -0.39 is 0 Å². The topological polar surface area (TPSA) is 12.9 Å². The van der Waals surface area contributed by atoms with E-state index in [1.54, 1.807) is 0 Å². The Bertz CT molecular complexity index is 236. The van der Waals surface area contributed by atoms with E-state index in [9.17, 15) is 0 Å². The Kier molecular flexibility index (Phi) is 2.84. The molecule has 0 aliphatic heterocycles. The number of rotatable bonds is 2. The Morgan fingerprint density at radius 2 is 2.36 bits per heavy atom. The number of pyridine rings is 1. The third-order valence-corrected chi connectivity index (χ3v) is 1.72. The summed E-state index contributed by atoms with van der Waals surface area (Å²) in [6.45, 7) is 4.19. The predicted octanol–water partition coefficient (Wildman–Crippen LogP) is 2.89. The van der Waals surface area contributed by atoms with Crippen LogP contribution < -0.4 is 0 Å². The van der Waals surface area contributed by atoms with Crippen molar-refractivity contribution in [3.05, 3.63) is 36.2 Å². The van der Waals surface area contributed by atoms with Crippen molar-refractivity contribution < 1.29 is 0 Å². The molecule has 1 heteroatoms. The molecular formula is C10H13N. The van der Waals surface area contributed by atoms with Crippen molar-refractivity contribution in [3.8, 4) is 0 Å². The maximum atomic E-state index is 4.25. The van der Waals surface area contributed by atoms with Gasteiger partial charge in [-0.25, -0.2) is 0 Å². The lowest BCUT2D eigenvalue weighted by atomic mass is 10.1. The molecule has 0 N–H and O–H groups in total. The molecule has 1 aromatic heterocycles. The van der Waals surface area contributed by atoms with E-state index in [1.165, 1.54) is 5.57 Å². The number of hydrogen-bond acceptors (Lipinski definition) is 1. The summed E-state index contributed by atoms with van der Waals surface area (Å²) in [6, 6.07) is 5.99. The molecule has 1 aromatic rings. The first-order valence-electron chi connectivity index (χ1n) is 3.95. The average molecular weight is 147 g/mol. The van der Waals surface area contributed by atoms with E-state index >= 15 is 0 Å². The lowest BCUT2D eigenvalue weighted by Crippen LogP contribution is -1.85. The van der Waals surface area contributed by atoms with Gasteiger partial charge in [0.1, 0.15) is 0 Å². The molecule has 0 aliphatic rings. The molecule has 0 atom stereocenters. The summed E-state index contributed by atoms with van der Waals surface area (Å²) >= 11 is 0. The van der Waals surface area contributed by atoms with Gasteiger partial charge in [0.2, 0.25) is 0 Å². The largest absolute Gasteiger partial charge is 0.257 e. The Hall–Kier alpha value is -1.11. The summed E-state index contributed by atoms with van der Waals surface area (Å²) in [5, 5.41) is 0. The van der Waals surface area contributed by atoms with Gasteiger partial charge in [-0.2, -0.15) is 0 Å². The Morgan fingerprint density at radius 1 is 1.55 bits per heavy atom. The second-order valence-electron chi connectivity index (χ2n) is 2.38. The number of hydrogen-bond donors (Lipinski definition) is 0. The van der Waals surface area contributed by atoms with Crippen molar-refractivity contribution in [3.63, 3.8) is 0 Å². The zero-order chi connectivity index (χ0) is 8.10. The molecule has 0 fully saturated rings. The van der Waals surface area contributed by atoms with Gasteiger partial charge in [-0.15, -0.1) is 0 Å². The lowest BCUT2D eigenvalue weighted by Gasteiger charge is -2.00. The van der Waals surface area contributed by atoms with Crippen LogP contribution in [0.3, 0.4) is 0 Å². The smallest absolute Gasteiger partial charge is 0.0658 e. The quantitative estimate of drug-likeness (QED) is 0.626. The molecule has 0 bridgehead atoms.